The van der Waals surface area contributed by atoms with E-state index < -0.39 is 11.7 Å². The van der Waals surface area contributed by atoms with Gasteiger partial charge in [-0.1, -0.05) is 25.1 Å². The number of halogens is 3. The predicted octanol–water partition coefficient (Wildman–Crippen LogP) is 5.62. The summed E-state index contributed by atoms with van der Waals surface area (Å²) in [5.74, 6) is 1.54. The smallest absolute Gasteiger partial charge is 0.356 e. The van der Waals surface area contributed by atoms with E-state index in [1.54, 1.807) is 30.6 Å². The molecule has 5 rings (SSSR count). The number of hydrogen-bond acceptors (Lipinski definition) is 4. The number of benzene rings is 2. The molecule has 0 N–H and O–H groups in total. The Kier molecular flexibility index (Phi) is 5.38. The minimum Gasteiger partial charge on any atom is -0.356 e. The lowest BCUT2D eigenvalue weighted by Gasteiger charge is -2.18. The van der Waals surface area contributed by atoms with Crippen LogP contribution in [0.25, 0.3) is 27.6 Å². The number of alkyl halides is 3. The van der Waals surface area contributed by atoms with Gasteiger partial charge in [0.1, 0.15) is 5.82 Å². The summed E-state index contributed by atoms with van der Waals surface area (Å²) in [5, 5.41) is 5.45. The molecule has 0 spiro atoms. The van der Waals surface area contributed by atoms with Gasteiger partial charge < -0.3 is 4.90 Å². The van der Waals surface area contributed by atoms with Crippen molar-refractivity contribution in [1.29, 1.82) is 0 Å². The Bertz CT molecular complexity index is 1430. The van der Waals surface area contributed by atoms with Gasteiger partial charge in [0.25, 0.3) is 5.56 Å². The van der Waals surface area contributed by atoms with Crippen LogP contribution in [-0.4, -0.2) is 27.9 Å². The molecule has 1 unspecified atom stereocenters. The monoisotopic (exact) mass is 464 g/mol. The second kappa shape index (κ2) is 8.27. The van der Waals surface area contributed by atoms with E-state index in [4.69, 9.17) is 0 Å². The molecule has 1 aliphatic heterocycles. The van der Waals surface area contributed by atoms with Crippen molar-refractivity contribution in [3.63, 3.8) is 0 Å². The molecule has 2 aromatic heterocycles. The fraction of sp³-hybridized carbons (Fsp3) is 0.269. The van der Waals surface area contributed by atoms with Crippen molar-refractivity contribution >= 4 is 16.6 Å². The van der Waals surface area contributed by atoms with Crippen LogP contribution in [0, 0.1) is 12.8 Å². The highest BCUT2D eigenvalue weighted by Crippen LogP contribution is 2.31. The van der Waals surface area contributed by atoms with Gasteiger partial charge in [0.15, 0.2) is 0 Å². The largest absolute Gasteiger partial charge is 0.416 e. The highest BCUT2D eigenvalue weighted by molar-refractivity contribution is 5.86. The molecule has 0 amide bonds. The molecule has 0 radical (unpaired) electrons. The summed E-state index contributed by atoms with van der Waals surface area (Å²) in [6, 6.07) is 12.1. The van der Waals surface area contributed by atoms with Gasteiger partial charge in [-0.2, -0.15) is 23.0 Å². The standard InChI is InChI=1S/C26H23F3N4O/c1-16-9-10-32(15-16)24-11-17(2)23(14-30-24)33-25(34)22-8-5-19(12-20(22)13-31-33)18-3-6-21(7-4-18)26(27,28)29/h3-8,11-14,16H,9-10,15H2,1-2H3. The molecule has 1 saturated heterocycles. The topological polar surface area (TPSA) is 51.0 Å². The number of rotatable bonds is 3. The van der Waals surface area contributed by atoms with E-state index in [9.17, 15) is 18.0 Å². The zero-order chi connectivity index (χ0) is 24.0. The molecule has 0 saturated carbocycles. The first-order valence-corrected chi connectivity index (χ1v) is 11.1. The Balaban J connectivity index is 1.48. The van der Waals surface area contributed by atoms with Gasteiger partial charge in [0.2, 0.25) is 0 Å². The van der Waals surface area contributed by atoms with E-state index in [0.29, 0.717) is 33.5 Å². The molecule has 174 valence electrons. The van der Waals surface area contributed by atoms with Crippen LogP contribution in [-0.2, 0) is 6.18 Å². The summed E-state index contributed by atoms with van der Waals surface area (Å²) in [7, 11) is 0. The van der Waals surface area contributed by atoms with Crippen molar-refractivity contribution in [2.75, 3.05) is 18.0 Å². The lowest BCUT2D eigenvalue weighted by atomic mass is 10.0. The molecule has 1 aliphatic rings. The molecular weight excluding hydrogens is 441 g/mol. The molecule has 8 heteroatoms. The lowest BCUT2D eigenvalue weighted by Crippen LogP contribution is -2.23. The summed E-state index contributed by atoms with van der Waals surface area (Å²) in [6.45, 7) is 6.11. The van der Waals surface area contributed by atoms with E-state index in [2.05, 4.69) is 21.9 Å². The van der Waals surface area contributed by atoms with Crippen molar-refractivity contribution in [3.8, 4) is 16.8 Å². The van der Waals surface area contributed by atoms with E-state index in [-0.39, 0.29) is 5.56 Å². The van der Waals surface area contributed by atoms with Gasteiger partial charge >= 0.3 is 6.18 Å². The molecule has 1 fully saturated rings. The zero-order valence-corrected chi connectivity index (χ0v) is 18.8. The first-order chi connectivity index (χ1) is 16.2. The molecule has 4 aromatic rings. The predicted molar refractivity (Wildman–Crippen MR) is 126 cm³/mol. The number of anilines is 1. The highest BCUT2D eigenvalue weighted by Gasteiger charge is 2.30. The SMILES string of the molecule is Cc1cc(N2CCC(C)C2)ncc1-n1ncc2cc(-c3ccc(C(F)(F)F)cc3)ccc2c1=O. The maximum atomic E-state index is 13.2. The van der Waals surface area contributed by atoms with Crippen LogP contribution in [0.4, 0.5) is 19.0 Å². The molecular formula is C26H23F3N4O. The Morgan fingerprint density at radius 2 is 1.74 bits per heavy atom. The third kappa shape index (κ3) is 4.04. The molecule has 34 heavy (non-hydrogen) atoms. The summed E-state index contributed by atoms with van der Waals surface area (Å²) in [4.78, 5) is 20.0. The molecule has 5 nitrogen and oxygen atoms in total. The van der Waals surface area contributed by atoms with Gasteiger partial charge in [-0.25, -0.2) is 4.98 Å². The zero-order valence-electron chi connectivity index (χ0n) is 18.8. The molecule has 3 heterocycles. The van der Waals surface area contributed by atoms with Crippen LogP contribution in [0.1, 0.15) is 24.5 Å². The van der Waals surface area contributed by atoms with Gasteiger partial charge in [-0.3, -0.25) is 4.79 Å². The third-order valence-corrected chi connectivity index (χ3v) is 6.38. The van der Waals surface area contributed by atoms with Gasteiger partial charge in [0.05, 0.1) is 29.0 Å². The van der Waals surface area contributed by atoms with Crippen LogP contribution in [0.2, 0.25) is 0 Å². The first kappa shape index (κ1) is 22.1. The second-order valence-corrected chi connectivity index (χ2v) is 8.91. The molecule has 1 atom stereocenters. The van der Waals surface area contributed by atoms with Gasteiger partial charge in [-0.05, 0) is 66.3 Å². The quantitative estimate of drug-likeness (QED) is 0.395. The Morgan fingerprint density at radius 3 is 2.38 bits per heavy atom. The van der Waals surface area contributed by atoms with Crippen molar-refractivity contribution in [3.05, 3.63) is 82.4 Å². The van der Waals surface area contributed by atoms with Crippen molar-refractivity contribution in [2.45, 2.75) is 26.4 Å². The van der Waals surface area contributed by atoms with Crippen molar-refractivity contribution in [2.24, 2.45) is 5.92 Å². The van der Waals surface area contributed by atoms with Crippen LogP contribution in [0.3, 0.4) is 0 Å². The van der Waals surface area contributed by atoms with Gasteiger partial charge in [0, 0.05) is 18.5 Å². The van der Waals surface area contributed by atoms with Crippen LogP contribution < -0.4 is 10.5 Å². The van der Waals surface area contributed by atoms with E-state index in [1.165, 1.54) is 16.8 Å². The third-order valence-electron chi connectivity index (χ3n) is 6.38. The minimum absolute atomic E-state index is 0.274. The van der Waals surface area contributed by atoms with Crippen LogP contribution >= 0.6 is 0 Å². The molecule has 0 bridgehead atoms. The average Bonchev–Trinajstić information content (AvgIpc) is 3.25. The first-order valence-electron chi connectivity index (χ1n) is 11.1. The number of hydrogen-bond donors (Lipinski definition) is 0. The average molecular weight is 464 g/mol. The fourth-order valence-electron chi connectivity index (χ4n) is 4.43. The Hall–Kier alpha value is -3.68. The van der Waals surface area contributed by atoms with Crippen molar-refractivity contribution < 1.29 is 13.2 Å². The maximum absolute atomic E-state index is 13.2. The summed E-state index contributed by atoms with van der Waals surface area (Å²) < 4.78 is 39.9. The van der Waals surface area contributed by atoms with Crippen LogP contribution in [0.5, 0.6) is 0 Å². The summed E-state index contributed by atoms with van der Waals surface area (Å²) in [6.07, 6.45) is 0.0436. The Labute approximate surface area is 194 Å². The fourth-order valence-corrected chi connectivity index (χ4v) is 4.43. The van der Waals surface area contributed by atoms with Crippen LogP contribution in [0.15, 0.2) is 65.7 Å². The number of aryl methyl sites for hydroxylation is 1. The van der Waals surface area contributed by atoms with E-state index in [1.807, 2.05) is 13.0 Å². The number of pyridine rings is 1. The number of nitrogens with zero attached hydrogens (tertiary/aromatic N) is 4. The molecule has 0 aliphatic carbocycles. The number of fused-ring (bicyclic) bond motifs is 1. The summed E-state index contributed by atoms with van der Waals surface area (Å²) in [5.41, 5.74) is 1.89. The highest BCUT2D eigenvalue weighted by atomic mass is 19.4. The van der Waals surface area contributed by atoms with Gasteiger partial charge in [-0.15, -0.1) is 0 Å². The lowest BCUT2D eigenvalue weighted by molar-refractivity contribution is -0.137. The number of aromatic nitrogens is 3. The summed E-state index contributed by atoms with van der Waals surface area (Å²) >= 11 is 0. The second-order valence-electron chi connectivity index (χ2n) is 8.91. The maximum Gasteiger partial charge on any atom is 0.416 e. The minimum atomic E-state index is -4.38. The normalized spacial score (nSPS) is 16.4. The molecule has 2 aromatic carbocycles. The Morgan fingerprint density at radius 1 is 1.00 bits per heavy atom. The van der Waals surface area contributed by atoms with E-state index in [0.717, 1.165) is 43.0 Å². The van der Waals surface area contributed by atoms with E-state index >= 15 is 0 Å². The van der Waals surface area contributed by atoms with Crippen molar-refractivity contribution in [1.82, 2.24) is 14.8 Å².